The molecular formula is C77H72N14. The van der Waals surface area contributed by atoms with E-state index in [0.717, 1.165) is 73.0 Å². The number of para-hydroxylation sites is 5. The smallest absolute Gasteiger partial charge is 0.128 e. The molecule has 16 aromatic rings. The number of aryl methyl sites for hydroxylation is 9. The molecule has 0 unspecified atom stereocenters. The molecule has 91 heavy (non-hydrogen) atoms. The minimum atomic E-state index is 0.759. The van der Waals surface area contributed by atoms with E-state index in [4.69, 9.17) is 0 Å². The first-order chi connectivity index (χ1) is 44.3. The summed E-state index contributed by atoms with van der Waals surface area (Å²) in [5.74, 6) is 1.58. The molecule has 0 saturated heterocycles. The minimum absolute atomic E-state index is 0.759. The van der Waals surface area contributed by atoms with E-state index in [1.54, 1.807) is 18.6 Å². The molecule has 7 aromatic carbocycles. The van der Waals surface area contributed by atoms with E-state index in [1.165, 1.54) is 73.2 Å². The zero-order valence-electron chi connectivity index (χ0n) is 52.7. The molecule has 0 aliphatic rings. The maximum absolute atomic E-state index is 4.38. The first-order valence-corrected chi connectivity index (χ1v) is 29.6. The Morgan fingerprint density at radius 3 is 1.45 bits per heavy atom. The fraction of sp³-hybridized carbons (Fsp3) is 0.117. The van der Waals surface area contributed by atoms with Crippen LogP contribution in [0.2, 0.25) is 0 Å². The van der Waals surface area contributed by atoms with Crippen LogP contribution in [0.4, 0.5) is 0 Å². The second kappa shape index (κ2) is 34.6. The summed E-state index contributed by atoms with van der Waals surface area (Å²) in [6.45, 7) is 17.8. The van der Waals surface area contributed by atoms with Crippen LogP contribution in [0.25, 0.3) is 76.1 Å². The predicted octanol–water partition coefficient (Wildman–Crippen LogP) is 17.6. The standard InChI is InChI=1S/5C10H9N.2C9H8N2.C5H6N2.C4H5N3/c1-8-6-11-7-9-4-2-3-5-10(8)9;1-8-6-9-4-2-3-5-10(9)7-11-8;1-8-6-9-4-2-3-5-10(9)11-7-8;1-8-10-5-3-2-4-9(10)6-7-11-8;1-8-6-7-9-4-2-3-5-10(9)11-8;1-7-10-6-8-4-2-3-5-9(8)11-7;1-7-6-10-8-4-2-3-5-9(8)11-7;1-5-2-6-4-7-3-5;1-4-6-2-5-3-7-4/h5*2-7H,1H3;2*2-6H,1H3;2-4H,1H3;2-3H,1H3. The SMILES string of the molecule is Cc1cc2ccccc2cn1.Cc1ccc2ccccc2n1.Cc1cnc2ccccc2c1.Cc1cnc2ccccc2n1.Cc1cncc2ccccc12.Cc1cncnc1.Cc1ncc2ccccc2n1.Cc1nccc2ccccc12.Cc1ncncn1. The van der Waals surface area contributed by atoms with Gasteiger partial charge >= 0.3 is 0 Å². The number of rotatable bonds is 0. The Balaban J connectivity index is 0.000000132. The number of hydrogen-bond acceptors (Lipinski definition) is 14. The van der Waals surface area contributed by atoms with Gasteiger partial charge in [0, 0.05) is 105 Å². The number of pyridine rings is 5. The van der Waals surface area contributed by atoms with E-state index in [2.05, 4.69) is 156 Å². The van der Waals surface area contributed by atoms with Crippen molar-refractivity contribution in [3.05, 3.63) is 326 Å². The fourth-order valence-corrected chi connectivity index (χ4v) is 8.87. The Bertz CT molecular complexity index is 4270. The second-order valence-corrected chi connectivity index (χ2v) is 20.9. The van der Waals surface area contributed by atoms with Crippen molar-refractivity contribution in [2.24, 2.45) is 0 Å². The van der Waals surface area contributed by atoms with Gasteiger partial charge in [0.2, 0.25) is 0 Å². The van der Waals surface area contributed by atoms with Crippen LogP contribution in [0.5, 0.6) is 0 Å². The molecule has 0 amide bonds. The molecule has 0 aliphatic heterocycles. The summed E-state index contributed by atoms with van der Waals surface area (Å²) < 4.78 is 0. The lowest BCUT2D eigenvalue weighted by atomic mass is 10.1. The summed E-state index contributed by atoms with van der Waals surface area (Å²) in [5, 5.41) is 11.0. The predicted molar refractivity (Wildman–Crippen MR) is 372 cm³/mol. The third kappa shape index (κ3) is 21.3. The molecule has 0 bridgehead atoms. The monoisotopic (exact) mass is 1190 g/mol. The third-order valence-electron chi connectivity index (χ3n) is 13.5. The molecule has 0 fully saturated rings. The van der Waals surface area contributed by atoms with Crippen LogP contribution in [0.1, 0.15) is 51.1 Å². The number of benzene rings is 7. The van der Waals surface area contributed by atoms with Crippen LogP contribution in [0.15, 0.2) is 275 Å². The lowest BCUT2D eigenvalue weighted by Crippen LogP contribution is -1.86. The Morgan fingerprint density at radius 2 is 0.791 bits per heavy atom. The first-order valence-electron chi connectivity index (χ1n) is 29.6. The van der Waals surface area contributed by atoms with Gasteiger partial charge in [0.05, 0.1) is 33.3 Å². The number of nitrogens with zero attached hydrogens (tertiary/aromatic N) is 14. The Kier molecular flexibility index (Phi) is 24.9. The highest BCUT2D eigenvalue weighted by atomic mass is 15.0. The number of hydrogen-bond donors (Lipinski definition) is 0. The average Bonchev–Trinajstić information content (AvgIpc) is 3.67. The van der Waals surface area contributed by atoms with Crippen molar-refractivity contribution >= 4 is 76.1 Å². The molecule has 0 N–H and O–H groups in total. The van der Waals surface area contributed by atoms with Gasteiger partial charge in [0.25, 0.3) is 0 Å². The van der Waals surface area contributed by atoms with Gasteiger partial charge in [-0.2, -0.15) is 0 Å². The molecule has 14 nitrogen and oxygen atoms in total. The van der Waals surface area contributed by atoms with E-state index in [-0.39, 0.29) is 0 Å². The van der Waals surface area contributed by atoms with Gasteiger partial charge in [-0.1, -0.05) is 146 Å². The van der Waals surface area contributed by atoms with Crippen LogP contribution >= 0.6 is 0 Å². The quantitative estimate of drug-likeness (QED) is 0.140. The summed E-state index contributed by atoms with van der Waals surface area (Å²) in [6, 6.07) is 67.3. The summed E-state index contributed by atoms with van der Waals surface area (Å²) in [6.07, 6.45) is 21.1. The van der Waals surface area contributed by atoms with Gasteiger partial charge in [-0.05, 0) is 150 Å². The number of fused-ring (bicyclic) bond motifs is 7. The highest BCUT2D eigenvalue weighted by Crippen LogP contribution is 2.18. The van der Waals surface area contributed by atoms with Gasteiger partial charge < -0.3 is 0 Å². The van der Waals surface area contributed by atoms with Crippen LogP contribution in [-0.4, -0.2) is 69.8 Å². The van der Waals surface area contributed by atoms with Crippen molar-refractivity contribution in [2.45, 2.75) is 62.3 Å². The first kappa shape index (κ1) is 65.3. The van der Waals surface area contributed by atoms with Gasteiger partial charge in [0.1, 0.15) is 30.6 Å². The minimum Gasteiger partial charge on any atom is -0.264 e. The number of aromatic nitrogens is 14. The maximum Gasteiger partial charge on any atom is 0.128 e. The van der Waals surface area contributed by atoms with E-state index in [1.807, 2.05) is 213 Å². The van der Waals surface area contributed by atoms with Crippen molar-refractivity contribution in [1.82, 2.24) is 69.8 Å². The fourth-order valence-electron chi connectivity index (χ4n) is 8.87. The Hall–Kier alpha value is -11.6. The summed E-state index contributed by atoms with van der Waals surface area (Å²) in [4.78, 5) is 56.8. The summed E-state index contributed by atoms with van der Waals surface area (Å²) in [7, 11) is 0. The van der Waals surface area contributed by atoms with Gasteiger partial charge in [-0.3, -0.25) is 29.9 Å². The Morgan fingerprint density at radius 1 is 0.242 bits per heavy atom. The van der Waals surface area contributed by atoms with Gasteiger partial charge in [0.15, 0.2) is 0 Å². The second-order valence-electron chi connectivity index (χ2n) is 20.9. The van der Waals surface area contributed by atoms with E-state index >= 15 is 0 Å². The highest BCUT2D eigenvalue weighted by molar-refractivity contribution is 5.85. The zero-order valence-corrected chi connectivity index (χ0v) is 52.7. The lowest BCUT2D eigenvalue weighted by molar-refractivity contribution is 0.974. The molecule has 16 rings (SSSR count). The molecular weight excluding hydrogens is 1120 g/mol. The largest absolute Gasteiger partial charge is 0.264 e. The van der Waals surface area contributed by atoms with Crippen LogP contribution < -0.4 is 0 Å². The van der Waals surface area contributed by atoms with Crippen LogP contribution in [-0.2, 0) is 0 Å². The van der Waals surface area contributed by atoms with Crippen molar-refractivity contribution < 1.29 is 0 Å². The molecule has 0 aliphatic carbocycles. The van der Waals surface area contributed by atoms with Crippen LogP contribution in [0, 0.1) is 62.3 Å². The highest BCUT2D eigenvalue weighted by Gasteiger charge is 1.98. The molecule has 9 aromatic heterocycles. The van der Waals surface area contributed by atoms with E-state index in [9.17, 15) is 0 Å². The van der Waals surface area contributed by atoms with Crippen molar-refractivity contribution in [1.29, 1.82) is 0 Å². The molecule has 450 valence electrons. The molecule has 9 heterocycles. The van der Waals surface area contributed by atoms with Gasteiger partial charge in [-0.25, -0.2) is 39.9 Å². The molecule has 0 spiro atoms. The molecule has 14 heteroatoms. The topological polar surface area (TPSA) is 180 Å². The van der Waals surface area contributed by atoms with Crippen molar-refractivity contribution in [3.8, 4) is 0 Å². The molecule has 0 atom stereocenters. The average molecular weight is 1190 g/mol. The summed E-state index contributed by atoms with van der Waals surface area (Å²) in [5.41, 5.74) is 12.8. The third-order valence-corrected chi connectivity index (χ3v) is 13.5. The van der Waals surface area contributed by atoms with Crippen molar-refractivity contribution in [3.63, 3.8) is 0 Å². The zero-order chi connectivity index (χ0) is 64.0. The summed E-state index contributed by atoms with van der Waals surface area (Å²) >= 11 is 0. The molecule has 0 saturated carbocycles. The van der Waals surface area contributed by atoms with Crippen molar-refractivity contribution in [2.75, 3.05) is 0 Å². The van der Waals surface area contributed by atoms with E-state index < -0.39 is 0 Å². The molecule has 0 radical (unpaired) electrons. The lowest BCUT2D eigenvalue weighted by Gasteiger charge is -1.98. The van der Waals surface area contributed by atoms with Gasteiger partial charge in [-0.15, -0.1) is 0 Å². The Labute approximate surface area is 531 Å². The van der Waals surface area contributed by atoms with E-state index in [0.29, 0.717) is 0 Å². The van der Waals surface area contributed by atoms with Crippen LogP contribution in [0.3, 0.4) is 0 Å². The maximum atomic E-state index is 4.38. The normalized spacial score (nSPS) is 10.0.